The molecule has 0 saturated carbocycles. The van der Waals surface area contributed by atoms with E-state index in [4.69, 9.17) is 10.2 Å². The van der Waals surface area contributed by atoms with Gasteiger partial charge in [0.05, 0.1) is 6.54 Å². The Bertz CT molecular complexity index is 830. The second-order valence-electron chi connectivity index (χ2n) is 5.79. The number of nitrogens with one attached hydrogen (secondary N) is 1. The van der Waals surface area contributed by atoms with Crippen LogP contribution in [0.1, 0.15) is 18.4 Å². The van der Waals surface area contributed by atoms with E-state index in [0.29, 0.717) is 25.1 Å². The highest BCUT2D eigenvalue weighted by molar-refractivity contribution is 5.89. The molecule has 0 bridgehead atoms. The number of nitrogens with two attached hydrogens (primary N) is 1. The summed E-state index contributed by atoms with van der Waals surface area (Å²) >= 11 is 0. The molecule has 3 rings (SSSR count). The van der Waals surface area contributed by atoms with Gasteiger partial charge in [0, 0.05) is 24.5 Å². The van der Waals surface area contributed by atoms with Gasteiger partial charge in [0.2, 0.25) is 11.8 Å². The van der Waals surface area contributed by atoms with E-state index in [1.807, 2.05) is 12.1 Å². The molecule has 1 aliphatic heterocycles. The maximum Gasteiger partial charge on any atom is 0.336 e. The molecule has 1 saturated heterocycles. The second-order valence-corrected chi connectivity index (χ2v) is 5.79. The van der Waals surface area contributed by atoms with Gasteiger partial charge in [-0.15, -0.1) is 0 Å². The summed E-state index contributed by atoms with van der Waals surface area (Å²) in [4.78, 5) is 36.9. The number of nitrogens with zero attached hydrogens (tertiary/aromatic N) is 1. The van der Waals surface area contributed by atoms with Crippen LogP contribution < -0.4 is 16.7 Å². The summed E-state index contributed by atoms with van der Waals surface area (Å²) in [5.41, 5.74) is 6.27. The van der Waals surface area contributed by atoms with E-state index in [0.717, 1.165) is 17.4 Å². The molecule has 1 aliphatic rings. The Morgan fingerprint density at radius 1 is 1.29 bits per heavy atom. The minimum Gasteiger partial charge on any atom is -0.423 e. The van der Waals surface area contributed by atoms with Crippen molar-refractivity contribution in [2.45, 2.75) is 25.4 Å². The van der Waals surface area contributed by atoms with Crippen molar-refractivity contribution >= 4 is 22.8 Å². The molecule has 1 aromatic carbocycles. The highest BCUT2D eigenvalue weighted by Gasteiger charge is 2.33. The molecule has 126 valence electrons. The summed E-state index contributed by atoms with van der Waals surface area (Å²) in [5, 5.41) is 3.66. The van der Waals surface area contributed by atoms with Crippen LogP contribution in [0.15, 0.2) is 39.5 Å². The fourth-order valence-corrected chi connectivity index (χ4v) is 2.98. The van der Waals surface area contributed by atoms with Crippen LogP contribution >= 0.6 is 0 Å². The van der Waals surface area contributed by atoms with Gasteiger partial charge >= 0.3 is 5.63 Å². The lowest BCUT2D eigenvalue weighted by Crippen LogP contribution is -2.47. The summed E-state index contributed by atoms with van der Waals surface area (Å²) in [7, 11) is 0. The normalized spacial score (nSPS) is 17.2. The zero-order chi connectivity index (χ0) is 17.1. The number of hydrogen-bond donors (Lipinski definition) is 2. The van der Waals surface area contributed by atoms with Crippen molar-refractivity contribution in [3.63, 3.8) is 0 Å². The molecule has 2 heterocycles. The SMILES string of the molecule is NCC(=O)N1CCC[C@H]1C(=O)NCc1ccc2ccc(=O)oc2c1. The molecular weight excluding hydrogens is 310 g/mol. The average molecular weight is 329 g/mol. The number of amides is 2. The Labute approximate surface area is 138 Å². The molecule has 7 nitrogen and oxygen atoms in total. The number of carbonyl (C=O) groups is 2. The van der Waals surface area contributed by atoms with Crippen molar-refractivity contribution in [3.05, 3.63) is 46.3 Å². The van der Waals surface area contributed by atoms with Crippen molar-refractivity contribution in [2.24, 2.45) is 5.73 Å². The molecule has 2 amide bonds. The number of likely N-dealkylation sites (tertiary alicyclic amines) is 1. The van der Waals surface area contributed by atoms with Gasteiger partial charge in [0.1, 0.15) is 11.6 Å². The predicted octanol–water partition coefficient (Wildman–Crippen LogP) is 0.359. The summed E-state index contributed by atoms with van der Waals surface area (Å²) < 4.78 is 5.14. The van der Waals surface area contributed by atoms with Crippen LogP contribution in [-0.2, 0) is 16.1 Å². The number of hydrogen-bond acceptors (Lipinski definition) is 5. The first-order chi connectivity index (χ1) is 11.6. The van der Waals surface area contributed by atoms with Crippen LogP contribution in [0.2, 0.25) is 0 Å². The van der Waals surface area contributed by atoms with Gasteiger partial charge < -0.3 is 20.4 Å². The van der Waals surface area contributed by atoms with Gasteiger partial charge in [-0.05, 0) is 30.5 Å². The van der Waals surface area contributed by atoms with E-state index in [-0.39, 0.29) is 18.4 Å². The Morgan fingerprint density at radius 2 is 2.08 bits per heavy atom. The Morgan fingerprint density at radius 3 is 2.88 bits per heavy atom. The molecule has 0 aliphatic carbocycles. The molecule has 0 radical (unpaired) electrons. The van der Waals surface area contributed by atoms with E-state index in [1.54, 1.807) is 12.1 Å². The smallest absolute Gasteiger partial charge is 0.336 e. The van der Waals surface area contributed by atoms with Crippen LogP contribution in [0.4, 0.5) is 0 Å². The van der Waals surface area contributed by atoms with Crippen LogP contribution in [0.25, 0.3) is 11.0 Å². The van der Waals surface area contributed by atoms with E-state index >= 15 is 0 Å². The lowest BCUT2D eigenvalue weighted by molar-refractivity contribution is -0.137. The largest absolute Gasteiger partial charge is 0.423 e. The highest BCUT2D eigenvalue weighted by atomic mass is 16.4. The molecule has 0 unspecified atom stereocenters. The van der Waals surface area contributed by atoms with Gasteiger partial charge in [0.25, 0.3) is 0 Å². The minimum absolute atomic E-state index is 0.0898. The van der Waals surface area contributed by atoms with E-state index in [2.05, 4.69) is 5.32 Å². The maximum atomic E-state index is 12.3. The maximum absolute atomic E-state index is 12.3. The summed E-state index contributed by atoms with van der Waals surface area (Å²) in [6, 6.07) is 8.03. The quantitative estimate of drug-likeness (QED) is 0.788. The van der Waals surface area contributed by atoms with Gasteiger partial charge in [0.15, 0.2) is 0 Å². The van der Waals surface area contributed by atoms with Gasteiger partial charge in [-0.2, -0.15) is 0 Å². The molecule has 1 aromatic heterocycles. The van der Waals surface area contributed by atoms with E-state index in [9.17, 15) is 14.4 Å². The number of rotatable bonds is 4. The predicted molar refractivity (Wildman–Crippen MR) is 88.1 cm³/mol. The first-order valence-corrected chi connectivity index (χ1v) is 7.88. The topological polar surface area (TPSA) is 106 Å². The van der Waals surface area contributed by atoms with Crippen molar-refractivity contribution in [2.75, 3.05) is 13.1 Å². The van der Waals surface area contributed by atoms with Crippen molar-refractivity contribution in [1.82, 2.24) is 10.2 Å². The third kappa shape index (κ3) is 3.30. The van der Waals surface area contributed by atoms with Gasteiger partial charge in [-0.25, -0.2) is 4.79 Å². The Hall–Kier alpha value is -2.67. The lowest BCUT2D eigenvalue weighted by atomic mass is 10.1. The Kier molecular flexibility index (Phi) is 4.61. The molecular formula is C17H19N3O4. The van der Waals surface area contributed by atoms with E-state index < -0.39 is 11.7 Å². The van der Waals surface area contributed by atoms with Crippen LogP contribution in [0, 0.1) is 0 Å². The third-order valence-electron chi connectivity index (χ3n) is 4.20. The molecule has 0 spiro atoms. The second kappa shape index (κ2) is 6.84. The fraction of sp³-hybridized carbons (Fsp3) is 0.353. The van der Waals surface area contributed by atoms with E-state index in [1.165, 1.54) is 11.0 Å². The van der Waals surface area contributed by atoms with Crippen LogP contribution in [0.3, 0.4) is 0 Å². The average Bonchev–Trinajstić information content (AvgIpc) is 3.08. The van der Waals surface area contributed by atoms with Crippen molar-refractivity contribution in [1.29, 1.82) is 0 Å². The summed E-state index contributed by atoms with van der Waals surface area (Å²) in [6.07, 6.45) is 1.44. The van der Waals surface area contributed by atoms with Crippen molar-refractivity contribution in [3.8, 4) is 0 Å². The molecule has 1 atom stereocenters. The molecule has 1 fully saturated rings. The highest BCUT2D eigenvalue weighted by Crippen LogP contribution is 2.18. The van der Waals surface area contributed by atoms with Gasteiger partial charge in [-0.1, -0.05) is 12.1 Å². The molecule has 7 heteroatoms. The van der Waals surface area contributed by atoms with Crippen LogP contribution in [-0.4, -0.2) is 35.8 Å². The molecule has 24 heavy (non-hydrogen) atoms. The first-order valence-electron chi connectivity index (χ1n) is 7.88. The summed E-state index contributed by atoms with van der Waals surface area (Å²) in [6.45, 7) is 0.775. The van der Waals surface area contributed by atoms with Crippen molar-refractivity contribution < 1.29 is 14.0 Å². The number of fused-ring (bicyclic) bond motifs is 1. The minimum atomic E-state index is -0.459. The molecule has 2 aromatic rings. The van der Waals surface area contributed by atoms with Crippen LogP contribution in [0.5, 0.6) is 0 Å². The fourth-order valence-electron chi connectivity index (χ4n) is 2.98. The zero-order valence-corrected chi connectivity index (χ0v) is 13.2. The first kappa shape index (κ1) is 16.2. The number of benzene rings is 1. The number of carbonyl (C=O) groups excluding carboxylic acids is 2. The monoisotopic (exact) mass is 329 g/mol. The zero-order valence-electron chi connectivity index (χ0n) is 13.2. The summed E-state index contributed by atoms with van der Waals surface area (Å²) in [5.74, 6) is -0.399. The lowest BCUT2D eigenvalue weighted by Gasteiger charge is -2.23. The Balaban J connectivity index is 1.67. The van der Waals surface area contributed by atoms with Gasteiger partial charge in [-0.3, -0.25) is 9.59 Å². The molecule has 3 N–H and O–H groups in total. The standard InChI is InChI=1S/C17H19N3O4/c18-9-15(21)20-7-1-2-13(20)17(23)19-10-11-3-4-12-5-6-16(22)24-14(12)8-11/h3-6,8,13H,1-2,7,9-10,18H2,(H,19,23)/t13-/m0/s1. The third-order valence-corrected chi connectivity index (χ3v) is 4.20.